The van der Waals surface area contributed by atoms with E-state index in [1.807, 2.05) is 36.5 Å². The molecule has 0 amide bonds. The number of nitriles is 1. The summed E-state index contributed by atoms with van der Waals surface area (Å²) in [5.74, 6) is 5.69. The minimum atomic E-state index is -1.39. The van der Waals surface area contributed by atoms with Crippen LogP contribution in [0.2, 0.25) is 10.2 Å². The summed E-state index contributed by atoms with van der Waals surface area (Å²) in [6, 6.07) is 42.8. The smallest absolute Gasteiger partial charge is 0.170 e. The third kappa shape index (κ3) is 19.4. The third-order valence-corrected chi connectivity index (χ3v) is 31.6. The Morgan fingerprint density at radius 2 is 0.662 bits per heavy atom. The lowest BCUT2D eigenvalue weighted by atomic mass is 9.79. The van der Waals surface area contributed by atoms with Crippen molar-refractivity contribution in [3.63, 3.8) is 0 Å². The van der Waals surface area contributed by atoms with E-state index in [2.05, 4.69) is 45.8 Å². The van der Waals surface area contributed by atoms with Crippen molar-refractivity contribution in [2.45, 2.75) is 202 Å². The molecule has 4 N–H and O–H groups in total. The van der Waals surface area contributed by atoms with E-state index in [0.717, 1.165) is 169 Å². The number of benzene rings is 4. The second kappa shape index (κ2) is 37.7. The number of hydrogen-bond acceptors (Lipinski definition) is 17. The van der Waals surface area contributed by atoms with Crippen LogP contribution in [0.5, 0.6) is 0 Å². The molecule has 8 aliphatic carbocycles. The summed E-state index contributed by atoms with van der Waals surface area (Å²) in [6.45, 7) is 6.64. The molecule has 0 bridgehead atoms. The van der Waals surface area contributed by atoms with Crippen molar-refractivity contribution in [3.05, 3.63) is 285 Å². The van der Waals surface area contributed by atoms with E-state index in [-0.39, 0.29) is 95.8 Å². The molecule has 8 saturated carbocycles. The van der Waals surface area contributed by atoms with Gasteiger partial charge in [-0.1, -0.05) is 41.3 Å². The maximum absolute atomic E-state index is 13.9. The molecule has 8 fully saturated rings. The fraction of sp³-hybridized carbons (Fsp3) is 0.411. The highest BCUT2D eigenvalue weighted by atomic mass is 35.5. The predicted octanol–water partition coefficient (Wildman–Crippen LogP) is 20.6. The number of aliphatic hydroxyl groups is 4. The highest BCUT2D eigenvalue weighted by Gasteiger charge is 2.55. The fourth-order valence-electron chi connectivity index (χ4n) is 23.9. The van der Waals surface area contributed by atoms with Gasteiger partial charge >= 0.3 is 0 Å². The zero-order chi connectivity index (χ0) is 91.2. The summed E-state index contributed by atoms with van der Waals surface area (Å²) in [4.78, 5) is 85.8. The number of aromatic nitrogens is 8. The Balaban J connectivity index is 0.000000121. The summed E-state index contributed by atoms with van der Waals surface area (Å²) >= 11 is 11.7. The first-order valence-corrected chi connectivity index (χ1v) is 46.2. The van der Waals surface area contributed by atoms with E-state index < -0.39 is 22.4 Å². The molecule has 4 aromatic carbocycles. The number of carbonyl (C=O) groups excluding carboxylic acids is 4. The van der Waals surface area contributed by atoms with Crippen LogP contribution in [-0.4, -0.2) is 106 Å². The SMILES string of the molecule is C#Cc1ccc(CC(=O)C(C)(O)C2C[C@H]3CC(c4ccnc5ccc(F)cc45)C[C@H]3C2)nc1.CC(O)(C(=O)Cc1ccc(C#N)nc1)C1C[C@H]2CC(c3ccnc4ccc(F)cc34)C[C@H]2C1.CC(O)(C(=O)Cc1ccc(Cl)cn1)C1C[C@H]2CC(c3ccnc4ccc(F)cc34)C[C@H]2C1.CC(O)(C(=O)Cc1ccc(Cl)nc1)C1C[C@H]2CC(c3ccnc4ccc(F)cc34)C[C@H]2C1. The molecule has 668 valence electrons. The Morgan fingerprint density at radius 1 is 0.362 bits per heavy atom. The highest BCUT2D eigenvalue weighted by Crippen LogP contribution is 2.60. The first kappa shape index (κ1) is 90.9. The standard InChI is InChI=1S/C28H27FN2O2.C27H26FN3O2.2C26H26ClFN2O2/c1-3-17-4-6-23(31-16-17)15-27(32)28(2,33)21-12-18-10-20(11-19(18)13-21)24-8-9-30-26-7-5-22(29)14-25(24)26;1-27(33,26(32)8-16-2-4-22(14-29)31-15-16)20-11-17-9-19(10-18(17)12-20)23-6-7-30-25-5-3-21(28)13-24(23)25;1-26(32,24(31)8-15-2-5-25(27)30-14-15)19-11-16-9-18(10-17(16)12-19)21-6-7-29-23-4-3-20(28)13-22(21)23;1-26(32,25(31)13-21-4-2-19(27)14-30-21)18-10-15-8-17(9-16(15)11-18)22-6-7-29-24-5-3-20(28)12-23(22)24/h1,4-9,14,16,18-21,33H,10-13,15H2,2H3;2-7,13,15,17-20,33H,8-12H2,1H3;2-7,13-14,16-19,32H,8-12H2,1H3;2-7,12,14-18,32H,8-11,13H2,1H3/t18-,19+,20?,21?,28?;17-,18+,19?,20?,27?;16-,17+,18?,19?,26?;15-,16+,17?,18?,26?. The van der Waals surface area contributed by atoms with Crippen LogP contribution in [0.15, 0.2) is 195 Å². The van der Waals surface area contributed by atoms with Crippen LogP contribution < -0.4 is 0 Å². The lowest BCUT2D eigenvalue weighted by Crippen LogP contribution is -2.43. The topological polar surface area (TPSA) is 276 Å². The predicted molar refractivity (Wildman–Crippen MR) is 490 cm³/mol. The molecular formula is C107H105Cl2F4N9O8. The van der Waals surface area contributed by atoms with Gasteiger partial charge in [0.25, 0.3) is 0 Å². The van der Waals surface area contributed by atoms with E-state index in [1.54, 1.807) is 156 Å². The van der Waals surface area contributed by atoms with E-state index in [1.165, 1.54) is 42.2 Å². The average molecular weight is 1790 g/mol. The first-order valence-electron chi connectivity index (χ1n) is 45.5. The molecule has 12 aromatic rings. The first-order chi connectivity index (χ1) is 62.3. The van der Waals surface area contributed by atoms with Gasteiger partial charge < -0.3 is 20.4 Å². The normalized spacial score (nSPS) is 26.4. The van der Waals surface area contributed by atoms with Crippen molar-refractivity contribution in [2.24, 2.45) is 71.0 Å². The van der Waals surface area contributed by atoms with Crippen LogP contribution in [0.25, 0.3) is 43.6 Å². The monoisotopic (exact) mass is 1790 g/mol. The molecule has 8 aromatic heterocycles. The number of halogens is 6. The van der Waals surface area contributed by atoms with Crippen LogP contribution >= 0.6 is 23.2 Å². The maximum Gasteiger partial charge on any atom is 0.170 e. The number of nitrogens with zero attached hydrogens (tertiary/aromatic N) is 9. The number of fused-ring (bicyclic) bond motifs is 8. The van der Waals surface area contributed by atoms with E-state index in [0.29, 0.717) is 109 Å². The Hall–Kier alpha value is -11.0. The molecule has 0 saturated heterocycles. The zero-order valence-electron chi connectivity index (χ0n) is 73.1. The number of carbonyl (C=O) groups is 4. The summed E-state index contributed by atoms with van der Waals surface area (Å²) in [7, 11) is 0. The van der Waals surface area contributed by atoms with Gasteiger partial charge in [-0.05, 0) is 392 Å². The van der Waals surface area contributed by atoms with Gasteiger partial charge in [0.1, 0.15) is 62.6 Å². The van der Waals surface area contributed by atoms with Gasteiger partial charge in [0.15, 0.2) is 23.1 Å². The molecule has 8 heterocycles. The molecule has 20 rings (SSSR count). The van der Waals surface area contributed by atoms with Gasteiger partial charge in [0.05, 0.1) is 39.9 Å². The molecule has 12 unspecified atom stereocenters. The molecule has 0 radical (unpaired) electrons. The van der Waals surface area contributed by atoms with Gasteiger partial charge in [-0.25, -0.2) is 27.5 Å². The summed E-state index contributed by atoms with van der Waals surface area (Å²) in [5.41, 5.74) is 6.11. The summed E-state index contributed by atoms with van der Waals surface area (Å²) < 4.78 is 55.5. The zero-order valence-corrected chi connectivity index (χ0v) is 74.7. The Labute approximate surface area is 763 Å². The number of pyridine rings is 8. The molecule has 17 nitrogen and oxygen atoms in total. The van der Waals surface area contributed by atoms with Gasteiger partial charge in [0, 0.05) is 101 Å². The van der Waals surface area contributed by atoms with Gasteiger partial charge in [-0.15, -0.1) is 6.42 Å². The second-order valence-electron chi connectivity index (χ2n) is 39.0. The minimum absolute atomic E-state index is 0.0437. The molecule has 20 atom stereocenters. The lowest BCUT2D eigenvalue weighted by Gasteiger charge is -2.30. The maximum atomic E-state index is 13.9. The van der Waals surface area contributed by atoms with Crippen molar-refractivity contribution >= 4 is 89.9 Å². The van der Waals surface area contributed by atoms with Crippen LogP contribution in [-0.2, 0) is 44.9 Å². The van der Waals surface area contributed by atoms with E-state index >= 15 is 0 Å². The summed E-state index contributed by atoms with van der Waals surface area (Å²) in [5, 5.41) is 58.1. The number of ketones is 4. The van der Waals surface area contributed by atoms with Gasteiger partial charge in [0.2, 0.25) is 0 Å². The average Bonchev–Trinajstić information content (AvgIpc) is 1.58. The minimum Gasteiger partial charge on any atom is -0.382 e. The largest absolute Gasteiger partial charge is 0.382 e. The Kier molecular flexibility index (Phi) is 26.4. The molecule has 130 heavy (non-hydrogen) atoms. The van der Waals surface area contributed by atoms with Gasteiger partial charge in [-0.3, -0.25) is 49.1 Å². The number of terminal acetylenes is 1. The van der Waals surface area contributed by atoms with Crippen LogP contribution in [0.3, 0.4) is 0 Å². The van der Waals surface area contributed by atoms with Crippen molar-refractivity contribution in [1.29, 1.82) is 5.26 Å². The van der Waals surface area contributed by atoms with Crippen LogP contribution in [0.1, 0.15) is 210 Å². The molecular weight excluding hydrogens is 1690 g/mol. The number of Topliss-reactive ketones (excluding diaryl/α,β-unsaturated/α-hetero) is 4. The van der Waals surface area contributed by atoms with Crippen molar-refractivity contribution in [3.8, 4) is 18.4 Å². The Bertz CT molecular complexity index is 5910. The van der Waals surface area contributed by atoms with Crippen LogP contribution in [0.4, 0.5) is 17.6 Å². The Morgan fingerprint density at radius 3 is 0.923 bits per heavy atom. The molecule has 8 aliphatic rings. The number of hydrogen-bond donors (Lipinski definition) is 4. The molecule has 0 spiro atoms. The molecule has 23 heteroatoms. The lowest BCUT2D eigenvalue weighted by molar-refractivity contribution is -0.141. The van der Waals surface area contributed by atoms with Gasteiger partial charge in [-0.2, -0.15) is 5.26 Å². The van der Waals surface area contributed by atoms with Crippen LogP contribution in [0, 0.1) is 118 Å². The fourth-order valence-corrected chi connectivity index (χ4v) is 24.1. The van der Waals surface area contributed by atoms with Crippen molar-refractivity contribution < 1.29 is 57.2 Å². The summed E-state index contributed by atoms with van der Waals surface area (Å²) in [6.07, 6.45) is 33.9. The number of rotatable bonds is 20. The van der Waals surface area contributed by atoms with Crippen molar-refractivity contribution in [2.75, 3.05) is 0 Å². The molecule has 0 aliphatic heterocycles. The second-order valence-corrected chi connectivity index (χ2v) is 39.8. The van der Waals surface area contributed by atoms with E-state index in [4.69, 9.17) is 34.9 Å². The quantitative estimate of drug-likeness (QED) is 0.0313. The van der Waals surface area contributed by atoms with E-state index in [9.17, 15) is 57.2 Å². The third-order valence-electron chi connectivity index (χ3n) is 31.1. The van der Waals surface area contributed by atoms with Crippen molar-refractivity contribution in [1.82, 2.24) is 39.9 Å². The highest BCUT2D eigenvalue weighted by molar-refractivity contribution is 6.30.